The lowest BCUT2D eigenvalue weighted by atomic mass is 9.91. The molecule has 0 aliphatic carbocycles. The zero-order valence-corrected chi connectivity index (χ0v) is 14.7. The van der Waals surface area contributed by atoms with Gasteiger partial charge in [-0.25, -0.2) is 17.6 Å². The Bertz CT molecular complexity index is 973. The van der Waals surface area contributed by atoms with Crippen LogP contribution in [0, 0.1) is 12.7 Å². The number of ether oxygens (including phenoxy) is 1. The van der Waals surface area contributed by atoms with Crippen LogP contribution in [0.1, 0.15) is 23.1 Å². The normalized spacial score (nSPS) is 16.7. The van der Waals surface area contributed by atoms with Gasteiger partial charge < -0.3 is 4.74 Å². The number of carbonyl (C=O) groups is 1. The highest BCUT2D eigenvalue weighted by Gasteiger charge is 2.25. The van der Waals surface area contributed by atoms with Gasteiger partial charge in [0.25, 0.3) is 0 Å². The lowest BCUT2D eigenvalue weighted by Gasteiger charge is -2.12. The summed E-state index contributed by atoms with van der Waals surface area (Å²) in [7, 11) is -3.32. The van der Waals surface area contributed by atoms with Crippen molar-refractivity contribution in [1.29, 1.82) is 0 Å². The summed E-state index contributed by atoms with van der Waals surface area (Å²) in [6, 6.07) is 11.0. The number of aryl methyl sites for hydroxylation is 1. The fourth-order valence-corrected chi connectivity index (χ4v) is 3.42. The van der Waals surface area contributed by atoms with E-state index in [1.807, 2.05) is 0 Å². The molecule has 6 heteroatoms. The molecule has 1 saturated heterocycles. The maximum absolute atomic E-state index is 14.0. The number of sulfone groups is 1. The van der Waals surface area contributed by atoms with Gasteiger partial charge in [0, 0.05) is 18.2 Å². The topological polar surface area (TPSA) is 60.4 Å². The summed E-state index contributed by atoms with van der Waals surface area (Å²) in [5.41, 5.74) is 2.75. The molecule has 0 aromatic heterocycles. The molecule has 0 atom stereocenters. The predicted molar refractivity (Wildman–Crippen MR) is 92.3 cm³/mol. The third-order valence-corrected chi connectivity index (χ3v) is 5.29. The first-order chi connectivity index (χ1) is 11.8. The van der Waals surface area contributed by atoms with Crippen LogP contribution in [-0.4, -0.2) is 27.2 Å². The van der Waals surface area contributed by atoms with Gasteiger partial charge in [0.05, 0.1) is 11.5 Å². The van der Waals surface area contributed by atoms with Crippen molar-refractivity contribution in [3.8, 4) is 0 Å². The first kappa shape index (κ1) is 17.4. The summed E-state index contributed by atoms with van der Waals surface area (Å²) in [6.07, 6.45) is 1.56. The van der Waals surface area contributed by atoms with Gasteiger partial charge in [-0.1, -0.05) is 24.3 Å². The number of hydrogen-bond donors (Lipinski definition) is 0. The van der Waals surface area contributed by atoms with E-state index in [1.54, 1.807) is 31.2 Å². The van der Waals surface area contributed by atoms with Crippen molar-refractivity contribution >= 4 is 21.4 Å². The van der Waals surface area contributed by atoms with Crippen LogP contribution in [0.15, 0.2) is 52.9 Å². The molecule has 0 unspecified atom stereocenters. The van der Waals surface area contributed by atoms with Gasteiger partial charge in [-0.2, -0.15) is 0 Å². The summed E-state index contributed by atoms with van der Waals surface area (Å²) in [5, 5.41) is 0. The molecule has 0 spiro atoms. The molecule has 1 aliphatic rings. The average Bonchev–Trinajstić information content (AvgIpc) is 2.97. The quantitative estimate of drug-likeness (QED) is 0.622. The minimum absolute atomic E-state index is 0.185. The fourth-order valence-electron chi connectivity index (χ4n) is 2.79. The Morgan fingerprint density at radius 2 is 1.72 bits per heavy atom. The fraction of sp³-hybridized carbons (Fsp3) is 0.211. The van der Waals surface area contributed by atoms with Crippen LogP contribution in [0.2, 0.25) is 0 Å². The summed E-state index contributed by atoms with van der Waals surface area (Å²) >= 11 is 0. The van der Waals surface area contributed by atoms with Crippen molar-refractivity contribution in [2.45, 2.75) is 18.2 Å². The molecule has 2 aromatic rings. The van der Waals surface area contributed by atoms with Crippen LogP contribution in [0.4, 0.5) is 4.39 Å². The van der Waals surface area contributed by atoms with Gasteiger partial charge in [0.15, 0.2) is 9.84 Å². The molecule has 130 valence electrons. The molecule has 0 radical (unpaired) electrons. The summed E-state index contributed by atoms with van der Waals surface area (Å²) in [5.74, 6) is -0.794. The second-order valence-electron chi connectivity index (χ2n) is 6.00. The minimum atomic E-state index is -3.32. The molecule has 2 aromatic carbocycles. The molecule has 1 heterocycles. The standard InChI is InChI=1S/C19H17FO4S/c1-12-3-4-14(11-17(12)20)18(16-9-10-24-19(16)21)13-5-7-15(8-6-13)25(2,22)23/h3-8,11H,9-10H2,1-2H3/b18-16-. The third-order valence-electron chi connectivity index (χ3n) is 4.17. The molecule has 0 N–H and O–H groups in total. The van der Waals surface area contributed by atoms with Crippen LogP contribution >= 0.6 is 0 Å². The van der Waals surface area contributed by atoms with Crippen LogP contribution in [0.3, 0.4) is 0 Å². The molecule has 1 aliphatic heterocycles. The van der Waals surface area contributed by atoms with Crippen molar-refractivity contribution in [2.75, 3.05) is 12.9 Å². The van der Waals surface area contributed by atoms with Gasteiger partial charge in [-0.05, 0) is 47.4 Å². The van der Waals surface area contributed by atoms with E-state index in [4.69, 9.17) is 4.74 Å². The Balaban J connectivity index is 2.19. The number of carbonyl (C=O) groups excluding carboxylic acids is 1. The number of halogens is 1. The van der Waals surface area contributed by atoms with Crippen molar-refractivity contribution in [3.05, 3.63) is 70.5 Å². The smallest absolute Gasteiger partial charge is 0.334 e. The highest BCUT2D eigenvalue weighted by molar-refractivity contribution is 7.90. The summed E-state index contributed by atoms with van der Waals surface area (Å²) in [6.45, 7) is 1.95. The largest absolute Gasteiger partial charge is 0.462 e. The SMILES string of the molecule is Cc1ccc(/C(=C2/CCOC2=O)c2ccc(S(C)(=O)=O)cc2)cc1F. The second-order valence-corrected chi connectivity index (χ2v) is 8.02. The molecular formula is C19H17FO4S. The maximum Gasteiger partial charge on any atom is 0.334 e. The van der Waals surface area contributed by atoms with Crippen molar-refractivity contribution < 1.29 is 22.3 Å². The minimum Gasteiger partial charge on any atom is -0.462 e. The highest BCUT2D eigenvalue weighted by Crippen LogP contribution is 2.33. The van der Waals surface area contributed by atoms with Crippen molar-refractivity contribution in [1.82, 2.24) is 0 Å². The van der Waals surface area contributed by atoms with Gasteiger partial charge in [0.2, 0.25) is 0 Å². The third kappa shape index (κ3) is 3.49. The predicted octanol–water partition coefficient (Wildman–Crippen LogP) is 3.29. The number of benzene rings is 2. The monoisotopic (exact) mass is 360 g/mol. The van der Waals surface area contributed by atoms with Crippen molar-refractivity contribution in [3.63, 3.8) is 0 Å². The lowest BCUT2D eigenvalue weighted by Crippen LogP contribution is -2.02. The molecule has 3 rings (SSSR count). The van der Waals surface area contributed by atoms with Gasteiger partial charge >= 0.3 is 5.97 Å². The van der Waals surface area contributed by atoms with E-state index in [-0.39, 0.29) is 17.3 Å². The second kappa shape index (κ2) is 6.44. The van der Waals surface area contributed by atoms with E-state index >= 15 is 0 Å². The summed E-state index contributed by atoms with van der Waals surface area (Å²) < 4.78 is 42.4. The zero-order chi connectivity index (χ0) is 18.2. The summed E-state index contributed by atoms with van der Waals surface area (Å²) in [4.78, 5) is 12.3. The van der Waals surface area contributed by atoms with Crippen LogP contribution < -0.4 is 0 Å². The zero-order valence-electron chi connectivity index (χ0n) is 13.9. The van der Waals surface area contributed by atoms with Crippen molar-refractivity contribution in [2.24, 2.45) is 0 Å². The van der Waals surface area contributed by atoms with E-state index in [0.29, 0.717) is 34.3 Å². The Kier molecular flexibility index (Phi) is 4.47. The van der Waals surface area contributed by atoms with Gasteiger partial charge in [0.1, 0.15) is 5.82 Å². The number of hydrogen-bond acceptors (Lipinski definition) is 4. The van der Waals surface area contributed by atoms with E-state index in [2.05, 4.69) is 0 Å². The Hall–Kier alpha value is -2.47. The lowest BCUT2D eigenvalue weighted by molar-refractivity contribution is -0.135. The average molecular weight is 360 g/mol. The van der Waals surface area contributed by atoms with E-state index in [9.17, 15) is 17.6 Å². The molecule has 1 fully saturated rings. The Morgan fingerprint density at radius 3 is 2.24 bits per heavy atom. The molecule has 25 heavy (non-hydrogen) atoms. The molecular weight excluding hydrogens is 343 g/mol. The van der Waals surface area contributed by atoms with Crippen LogP contribution in [0.25, 0.3) is 5.57 Å². The number of esters is 1. The first-order valence-corrected chi connectivity index (χ1v) is 9.64. The van der Waals surface area contributed by atoms with Gasteiger partial charge in [-0.3, -0.25) is 0 Å². The molecule has 4 nitrogen and oxygen atoms in total. The van der Waals surface area contributed by atoms with Gasteiger partial charge in [-0.15, -0.1) is 0 Å². The molecule has 0 bridgehead atoms. The van der Waals surface area contributed by atoms with E-state index in [0.717, 1.165) is 6.26 Å². The Morgan fingerprint density at radius 1 is 1.08 bits per heavy atom. The van der Waals surface area contributed by atoms with Crippen LogP contribution in [-0.2, 0) is 19.4 Å². The number of rotatable bonds is 3. The molecule has 0 saturated carbocycles. The highest BCUT2D eigenvalue weighted by atomic mass is 32.2. The maximum atomic E-state index is 14.0. The Labute approximate surface area is 145 Å². The van der Waals surface area contributed by atoms with E-state index in [1.165, 1.54) is 18.2 Å². The van der Waals surface area contributed by atoms with Crippen LogP contribution in [0.5, 0.6) is 0 Å². The number of cyclic esters (lactones) is 1. The first-order valence-electron chi connectivity index (χ1n) is 7.74. The molecule has 0 amide bonds. The van der Waals surface area contributed by atoms with E-state index < -0.39 is 15.8 Å².